The highest BCUT2D eigenvalue weighted by Crippen LogP contribution is 2.23. The van der Waals surface area contributed by atoms with Gasteiger partial charge in [0.1, 0.15) is 5.15 Å². The lowest BCUT2D eigenvalue weighted by atomic mass is 10.2. The molecule has 1 N–H and O–H groups in total. The van der Waals surface area contributed by atoms with Gasteiger partial charge in [-0.25, -0.2) is 9.48 Å². The van der Waals surface area contributed by atoms with E-state index in [0.29, 0.717) is 33.5 Å². The number of hydrogen-bond donors (Lipinski definition) is 1. The largest absolute Gasteiger partial charge is 0.452 e. The molecule has 0 aliphatic carbocycles. The predicted molar refractivity (Wildman–Crippen MR) is 131 cm³/mol. The van der Waals surface area contributed by atoms with Gasteiger partial charge in [0.15, 0.2) is 6.61 Å². The van der Waals surface area contributed by atoms with E-state index in [2.05, 4.69) is 20.6 Å². The molecule has 9 nitrogen and oxygen atoms in total. The van der Waals surface area contributed by atoms with Crippen LogP contribution in [-0.4, -0.2) is 38.5 Å². The van der Waals surface area contributed by atoms with Crippen molar-refractivity contribution in [3.05, 3.63) is 87.7 Å². The zero-order valence-corrected chi connectivity index (χ0v) is 20.0. The van der Waals surface area contributed by atoms with E-state index in [1.165, 1.54) is 12.2 Å². The maximum Gasteiger partial charge on any atom is 0.331 e. The van der Waals surface area contributed by atoms with E-state index in [4.69, 9.17) is 32.4 Å². The number of aromatic nitrogens is 4. The Morgan fingerprint density at radius 2 is 1.83 bits per heavy atom. The van der Waals surface area contributed by atoms with E-state index in [1.807, 2.05) is 30.3 Å². The number of rotatable bonds is 8. The minimum absolute atomic E-state index is 0.101. The third-order valence-corrected chi connectivity index (χ3v) is 5.43. The molecule has 0 saturated carbocycles. The van der Waals surface area contributed by atoms with Gasteiger partial charge in [0.25, 0.3) is 5.91 Å². The monoisotopic (exact) mass is 511 g/mol. The molecule has 2 heterocycles. The normalized spacial score (nSPS) is 11.1. The molecule has 4 aromatic rings. The van der Waals surface area contributed by atoms with Crippen LogP contribution < -0.4 is 5.32 Å². The van der Waals surface area contributed by atoms with Crippen LogP contribution in [0.4, 0.5) is 6.01 Å². The standard InChI is InChI=1S/C24H19Cl2N5O4/c1-15-19(22(26)31(30-15)13-16-7-9-18(25)10-8-16)11-12-21(33)34-14-20(32)27-24-29-28-23(35-24)17-5-3-2-4-6-17/h2-12H,13-14H2,1H3,(H,27,29,32). The summed E-state index contributed by atoms with van der Waals surface area (Å²) in [5, 5.41) is 15.4. The summed E-state index contributed by atoms with van der Waals surface area (Å²) >= 11 is 12.4. The van der Waals surface area contributed by atoms with Gasteiger partial charge in [0, 0.05) is 22.2 Å². The predicted octanol–water partition coefficient (Wildman–Crippen LogP) is 4.79. The third-order valence-electron chi connectivity index (χ3n) is 4.78. The Morgan fingerprint density at radius 3 is 2.57 bits per heavy atom. The summed E-state index contributed by atoms with van der Waals surface area (Å²) in [6, 6.07) is 16.3. The van der Waals surface area contributed by atoms with Crippen LogP contribution in [0, 0.1) is 6.92 Å². The first-order valence-electron chi connectivity index (χ1n) is 10.4. The lowest BCUT2D eigenvalue weighted by Crippen LogP contribution is -2.20. The van der Waals surface area contributed by atoms with Gasteiger partial charge in [0.2, 0.25) is 5.89 Å². The molecule has 4 rings (SSSR count). The van der Waals surface area contributed by atoms with Gasteiger partial charge in [-0.3, -0.25) is 10.1 Å². The molecule has 1 amide bonds. The van der Waals surface area contributed by atoms with Crippen LogP contribution in [0.3, 0.4) is 0 Å². The van der Waals surface area contributed by atoms with Crippen LogP contribution in [-0.2, 0) is 20.9 Å². The number of halogens is 2. The molecule has 2 aromatic carbocycles. The van der Waals surface area contributed by atoms with Crippen molar-refractivity contribution in [1.29, 1.82) is 0 Å². The third kappa shape index (κ3) is 6.34. The number of carbonyl (C=O) groups is 2. The molecule has 2 aromatic heterocycles. The fraction of sp³-hybridized carbons (Fsp3) is 0.125. The maximum absolute atomic E-state index is 12.1. The highest BCUT2D eigenvalue weighted by molar-refractivity contribution is 6.31. The minimum atomic E-state index is -0.725. The number of carbonyl (C=O) groups excluding carboxylic acids is 2. The van der Waals surface area contributed by atoms with Crippen LogP contribution in [0.25, 0.3) is 17.5 Å². The number of ether oxygens (including phenoxy) is 1. The molecule has 0 atom stereocenters. The van der Waals surface area contributed by atoms with Gasteiger partial charge in [-0.05, 0) is 42.8 Å². The molecule has 0 spiro atoms. The number of aryl methyl sites for hydroxylation is 1. The molecule has 0 unspecified atom stereocenters. The van der Waals surface area contributed by atoms with E-state index < -0.39 is 18.5 Å². The Balaban J connectivity index is 1.30. The fourth-order valence-corrected chi connectivity index (χ4v) is 3.51. The second-order valence-corrected chi connectivity index (χ2v) is 8.14. The van der Waals surface area contributed by atoms with Gasteiger partial charge in [-0.2, -0.15) is 5.10 Å². The van der Waals surface area contributed by atoms with Gasteiger partial charge in [-0.1, -0.05) is 58.6 Å². The van der Waals surface area contributed by atoms with E-state index >= 15 is 0 Å². The summed E-state index contributed by atoms with van der Waals surface area (Å²) in [6.45, 7) is 1.68. The van der Waals surface area contributed by atoms with E-state index in [9.17, 15) is 9.59 Å². The zero-order chi connectivity index (χ0) is 24.8. The molecular weight excluding hydrogens is 493 g/mol. The molecule has 178 valence electrons. The van der Waals surface area contributed by atoms with Crippen molar-refractivity contribution in [1.82, 2.24) is 20.0 Å². The smallest absolute Gasteiger partial charge is 0.331 e. The quantitative estimate of drug-likeness (QED) is 0.267. The second kappa shape index (κ2) is 11.0. The van der Waals surface area contributed by atoms with E-state index in [-0.39, 0.29) is 11.9 Å². The van der Waals surface area contributed by atoms with Crippen molar-refractivity contribution in [2.24, 2.45) is 0 Å². The van der Waals surface area contributed by atoms with Crippen LogP contribution in [0.5, 0.6) is 0 Å². The summed E-state index contributed by atoms with van der Waals surface area (Å²) in [5.74, 6) is -1.10. The van der Waals surface area contributed by atoms with E-state index in [1.54, 1.807) is 35.9 Å². The van der Waals surface area contributed by atoms with Crippen LogP contribution >= 0.6 is 23.2 Å². The zero-order valence-electron chi connectivity index (χ0n) is 18.4. The number of nitrogens with zero attached hydrogens (tertiary/aromatic N) is 4. The average Bonchev–Trinajstić information content (AvgIpc) is 3.42. The average molecular weight is 512 g/mol. The Labute approximate surface area is 210 Å². The topological polar surface area (TPSA) is 112 Å². The summed E-state index contributed by atoms with van der Waals surface area (Å²) in [4.78, 5) is 24.2. The highest BCUT2D eigenvalue weighted by Gasteiger charge is 2.14. The van der Waals surface area contributed by atoms with Crippen molar-refractivity contribution < 1.29 is 18.7 Å². The van der Waals surface area contributed by atoms with E-state index in [0.717, 1.165) is 5.56 Å². The Morgan fingerprint density at radius 1 is 1.09 bits per heavy atom. The number of esters is 1. The summed E-state index contributed by atoms with van der Waals surface area (Å²) in [7, 11) is 0. The Hall–Kier alpha value is -3.95. The van der Waals surface area contributed by atoms with Crippen molar-refractivity contribution in [2.75, 3.05) is 11.9 Å². The first-order chi connectivity index (χ1) is 16.9. The molecule has 0 aliphatic heterocycles. The number of hydrogen-bond acceptors (Lipinski definition) is 7. The van der Waals surface area contributed by atoms with Crippen LogP contribution in [0.2, 0.25) is 10.2 Å². The second-order valence-electron chi connectivity index (χ2n) is 7.34. The van der Waals surface area contributed by atoms with Gasteiger partial charge < -0.3 is 9.15 Å². The maximum atomic E-state index is 12.1. The number of amides is 1. The van der Waals surface area contributed by atoms with Gasteiger partial charge in [-0.15, -0.1) is 5.10 Å². The van der Waals surface area contributed by atoms with Crippen molar-refractivity contribution >= 4 is 47.2 Å². The molecule has 0 saturated heterocycles. The van der Waals surface area contributed by atoms with Gasteiger partial charge in [0.05, 0.1) is 12.2 Å². The van der Waals surface area contributed by atoms with Crippen molar-refractivity contribution in [3.8, 4) is 11.5 Å². The minimum Gasteiger partial charge on any atom is -0.452 e. The lowest BCUT2D eigenvalue weighted by Gasteiger charge is -2.04. The fourth-order valence-electron chi connectivity index (χ4n) is 3.09. The first-order valence-corrected chi connectivity index (χ1v) is 11.2. The highest BCUT2D eigenvalue weighted by atomic mass is 35.5. The van der Waals surface area contributed by atoms with Crippen LogP contribution in [0.15, 0.2) is 65.1 Å². The van der Waals surface area contributed by atoms with Crippen molar-refractivity contribution in [3.63, 3.8) is 0 Å². The number of anilines is 1. The Kier molecular flexibility index (Phi) is 7.59. The molecule has 0 radical (unpaired) electrons. The SMILES string of the molecule is Cc1nn(Cc2ccc(Cl)cc2)c(Cl)c1C=CC(=O)OCC(=O)Nc1nnc(-c2ccccc2)o1. The first kappa shape index (κ1) is 24.2. The molecular formula is C24H19Cl2N5O4. The molecule has 0 fully saturated rings. The molecule has 35 heavy (non-hydrogen) atoms. The summed E-state index contributed by atoms with van der Waals surface area (Å²) in [6.07, 6.45) is 2.67. The molecule has 11 heteroatoms. The molecule has 0 aliphatic rings. The molecule has 0 bridgehead atoms. The summed E-state index contributed by atoms with van der Waals surface area (Å²) in [5.41, 5.74) is 2.89. The van der Waals surface area contributed by atoms with Crippen molar-refractivity contribution in [2.45, 2.75) is 13.5 Å². The lowest BCUT2D eigenvalue weighted by molar-refractivity contribution is -0.142. The number of benzene rings is 2. The van der Waals surface area contributed by atoms with Gasteiger partial charge >= 0.3 is 12.0 Å². The Bertz CT molecular complexity index is 1360. The number of nitrogens with one attached hydrogen (secondary N) is 1. The summed E-state index contributed by atoms with van der Waals surface area (Å²) < 4.78 is 12.0. The van der Waals surface area contributed by atoms with Crippen LogP contribution in [0.1, 0.15) is 16.8 Å².